The van der Waals surface area contributed by atoms with Crippen LogP contribution >= 0.6 is 0 Å². The van der Waals surface area contributed by atoms with Crippen molar-refractivity contribution in [3.05, 3.63) is 0 Å². The number of nitrogens with two attached hydrogens (primary N) is 1. The Labute approximate surface area is 89.2 Å². The largest absolute Gasteiger partial charge is 0.392 e. The summed E-state index contributed by atoms with van der Waals surface area (Å²) in [6, 6.07) is 0.986. The van der Waals surface area contributed by atoms with Crippen molar-refractivity contribution in [1.82, 2.24) is 0 Å². The monoisotopic (exact) mass is 219 g/mol. The van der Waals surface area contributed by atoms with Crippen LogP contribution in [0.4, 0.5) is 0 Å². The van der Waals surface area contributed by atoms with Gasteiger partial charge in [-0.2, -0.15) is 0 Å². The average Bonchev–Trinajstić information content (AvgIpc) is 1.97. The molecule has 0 aliphatic heterocycles. The normalized spacial score (nSPS) is 12.9. The van der Waals surface area contributed by atoms with E-state index in [9.17, 15) is 0 Å². The highest BCUT2D eigenvalue weighted by molar-refractivity contribution is 6.66. The minimum atomic E-state index is -1.98. The molecule has 0 unspecified atom stereocenters. The molecule has 0 radical (unpaired) electrons. The first-order chi connectivity index (χ1) is 6.39. The van der Waals surface area contributed by atoms with Crippen molar-refractivity contribution >= 4 is 8.56 Å². The highest BCUT2D eigenvalue weighted by atomic mass is 28.4. The summed E-state index contributed by atoms with van der Waals surface area (Å²) in [5.41, 5.74) is 5.51. The zero-order valence-electron chi connectivity index (χ0n) is 10.2. The Bertz CT molecular complexity index is 141. The van der Waals surface area contributed by atoms with Crippen molar-refractivity contribution in [3.63, 3.8) is 0 Å². The van der Waals surface area contributed by atoms with Crippen LogP contribution in [0.1, 0.15) is 34.1 Å². The van der Waals surface area contributed by atoms with Crippen LogP contribution in [0.5, 0.6) is 0 Å². The van der Waals surface area contributed by atoms with E-state index in [0.717, 1.165) is 12.5 Å². The molecule has 0 aliphatic carbocycles. The third-order valence-electron chi connectivity index (χ3n) is 1.81. The quantitative estimate of drug-likeness (QED) is 0.668. The Balaban J connectivity index is 4.17. The fraction of sp³-hybridized carbons (Fsp3) is 1.00. The van der Waals surface area contributed by atoms with Gasteiger partial charge >= 0.3 is 8.56 Å². The third-order valence-corrected chi connectivity index (χ3v) is 5.01. The van der Waals surface area contributed by atoms with Crippen LogP contribution in [0.25, 0.3) is 0 Å². The second-order valence-corrected chi connectivity index (χ2v) is 7.60. The molecule has 2 N–H and O–H groups in total. The van der Waals surface area contributed by atoms with Gasteiger partial charge in [-0.3, -0.25) is 0 Å². The van der Waals surface area contributed by atoms with Gasteiger partial charge in [0.25, 0.3) is 0 Å². The molecule has 0 aromatic heterocycles. The fourth-order valence-corrected chi connectivity index (χ4v) is 4.70. The van der Waals surface area contributed by atoms with Gasteiger partial charge in [0.1, 0.15) is 0 Å². The van der Waals surface area contributed by atoms with E-state index in [0.29, 0.717) is 6.54 Å². The summed E-state index contributed by atoms with van der Waals surface area (Å²) in [5, 5.41) is 0. The second-order valence-electron chi connectivity index (χ2n) is 4.36. The summed E-state index contributed by atoms with van der Waals surface area (Å²) in [4.78, 5) is 0. The predicted octanol–water partition coefficient (Wildman–Crippen LogP) is 2.26. The Morgan fingerprint density at radius 3 is 1.79 bits per heavy atom. The van der Waals surface area contributed by atoms with E-state index in [1.807, 2.05) is 0 Å². The van der Waals surface area contributed by atoms with Gasteiger partial charge in [-0.1, -0.05) is 0 Å². The van der Waals surface area contributed by atoms with Crippen LogP contribution in [-0.2, 0) is 8.85 Å². The summed E-state index contributed by atoms with van der Waals surface area (Å²) in [6.07, 6.45) is 1.47. The standard InChI is InChI=1S/C10H25NO2Si/c1-9(2)12-14(5,8-6-7-11)13-10(3)4/h9-10H,6-8,11H2,1-5H3. The van der Waals surface area contributed by atoms with Gasteiger partial charge in [0.05, 0.1) is 0 Å². The molecule has 0 fully saturated rings. The van der Waals surface area contributed by atoms with Crippen molar-refractivity contribution in [3.8, 4) is 0 Å². The predicted molar refractivity (Wildman–Crippen MR) is 62.5 cm³/mol. The molecule has 0 spiro atoms. The smallest absolute Gasteiger partial charge is 0.335 e. The minimum Gasteiger partial charge on any atom is -0.392 e. The molecule has 0 aromatic carbocycles. The van der Waals surface area contributed by atoms with E-state index in [1.54, 1.807) is 0 Å². The summed E-state index contributed by atoms with van der Waals surface area (Å²) in [6.45, 7) is 11.1. The summed E-state index contributed by atoms with van der Waals surface area (Å²) < 4.78 is 11.8. The maximum Gasteiger partial charge on any atom is 0.335 e. The summed E-state index contributed by atoms with van der Waals surface area (Å²) >= 11 is 0. The Kier molecular flexibility index (Phi) is 6.60. The van der Waals surface area contributed by atoms with Crippen LogP contribution in [0.15, 0.2) is 0 Å². The van der Waals surface area contributed by atoms with Crippen LogP contribution in [0.3, 0.4) is 0 Å². The average molecular weight is 219 g/mol. The Morgan fingerprint density at radius 1 is 1.07 bits per heavy atom. The van der Waals surface area contributed by atoms with E-state index < -0.39 is 8.56 Å². The Hall–Kier alpha value is 0.0969. The van der Waals surface area contributed by atoms with Crippen molar-refractivity contribution in [2.24, 2.45) is 5.73 Å². The molecular weight excluding hydrogens is 194 g/mol. The van der Waals surface area contributed by atoms with Gasteiger partial charge in [0, 0.05) is 12.2 Å². The van der Waals surface area contributed by atoms with E-state index in [1.165, 1.54) is 0 Å². The fourth-order valence-electron chi connectivity index (χ4n) is 1.57. The molecule has 0 heterocycles. The van der Waals surface area contributed by atoms with Gasteiger partial charge in [-0.05, 0) is 53.3 Å². The van der Waals surface area contributed by atoms with Gasteiger partial charge < -0.3 is 14.6 Å². The second kappa shape index (κ2) is 6.56. The van der Waals surface area contributed by atoms with E-state index >= 15 is 0 Å². The highest BCUT2D eigenvalue weighted by Crippen LogP contribution is 2.19. The van der Waals surface area contributed by atoms with Crippen LogP contribution in [-0.4, -0.2) is 27.3 Å². The molecule has 0 aliphatic rings. The molecule has 0 aromatic rings. The molecule has 86 valence electrons. The lowest BCUT2D eigenvalue weighted by molar-refractivity contribution is 0.109. The zero-order valence-corrected chi connectivity index (χ0v) is 11.2. The maximum atomic E-state index is 5.91. The molecule has 0 amide bonds. The first-order valence-corrected chi connectivity index (χ1v) is 7.97. The molecule has 0 saturated carbocycles. The molecule has 0 atom stereocenters. The molecule has 14 heavy (non-hydrogen) atoms. The van der Waals surface area contributed by atoms with Gasteiger partial charge in [-0.25, -0.2) is 0 Å². The molecular formula is C10H25NO2Si. The van der Waals surface area contributed by atoms with E-state index in [2.05, 4.69) is 34.2 Å². The third kappa shape index (κ3) is 6.54. The SMILES string of the molecule is CC(C)O[Si](C)(CCCN)OC(C)C. The highest BCUT2D eigenvalue weighted by Gasteiger charge is 2.32. The van der Waals surface area contributed by atoms with Crippen LogP contribution < -0.4 is 5.73 Å². The minimum absolute atomic E-state index is 0.239. The van der Waals surface area contributed by atoms with Crippen LogP contribution in [0.2, 0.25) is 12.6 Å². The molecule has 4 heteroatoms. The van der Waals surface area contributed by atoms with Crippen molar-refractivity contribution in [2.45, 2.75) is 58.9 Å². The van der Waals surface area contributed by atoms with Gasteiger partial charge in [-0.15, -0.1) is 0 Å². The number of hydrogen-bond donors (Lipinski definition) is 1. The summed E-state index contributed by atoms with van der Waals surface area (Å²) in [7, 11) is -1.98. The van der Waals surface area contributed by atoms with Gasteiger partial charge in [0.15, 0.2) is 0 Å². The van der Waals surface area contributed by atoms with E-state index in [4.69, 9.17) is 14.6 Å². The maximum absolute atomic E-state index is 5.91. The van der Waals surface area contributed by atoms with E-state index in [-0.39, 0.29) is 12.2 Å². The molecule has 0 bridgehead atoms. The number of hydrogen-bond acceptors (Lipinski definition) is 3. The first-order valence-electron chi connectivity index (χ1n) is 5.45. The summed E-state index contributed by atoms with van der Waals surface area (Å²) in [5.74, 6) is 0. The lowest BCUT2D eigenvalue weighted by Crippen LogP contribution is -2.43. The number of rotatable bonds is 7. The van der Waals surface area contributed by atoms with Crippen molar-refractivity contribution in [2.75, 3.05) is 6.54 Å². The van der Waals surface area contributed by atoms with Crippen molar-refractivity contribution < 1.29 is 8.85 Å². The lowest BCUT2D eigenvalue weighted by Gasteiger charge is -2.31. The van der Waals surface area contributed by atoms with Crippen LogP contribution in [0, 0.1) is 0 Å². The molecule has 0 rings (SSSR count). The topological polar surface area (TPSA) is 44.5 Å². The van der Waals surface area contributed by atoms with Gasteiger partial charge in [0.2, 0.25) is 0 Å². The zero-order chi connectivity index (χ0) is 11.2. The first kappa shape index (κ1) is 14.1. The molecule has 3 nitrogen and oxygen atoms in total. The van der Waals surface area contributed by atoms with Crippen molar-refractivity contribution in [1.29, 1.82) is 0 Å². The molecule has 0 saturated heterocycles. The lowest BCUT2D eigenvalue weighted by atomic mass is 10.5. The Morgan fingerprint density at radius 2 is 1.50 bits per heavy atom.